The maximum absolute atomic E-state index is 11.8. The van der Waals surface area contributed by atoms with Crippen LogP contribution in [0.2, 0.25) is 0 Å². The van der Waals surface area contributed by atoms with E-state index >= 15 is 0 Å². The Morgan fingerprint density at radius 1 is 1.53 bits per heavy atom. The molecule has 17 heavy (non-hydrogen) atoms. The van der Waals surface area contributed by atoms with Crippen molar-refractivity contribution in [3.05, 3.63) is 0 Å². The zero-order chi connectivity index (χ0) is 13.1. The normalized spacial score (nSPS) is 21.5. The largest absolute Gasteiger partial charge is 0.444 e. The van der Waals surface area contributed by atoms with Crippen molar-refractivity contribution in [2.24, 2.45) is 0 Å². The molecule has 0 spiro atoms. The molecule has 0 saturated carbocycles. The molecule has 1 heterocycles. The Kier molecular flexibility index (Phi) is 4.47. The molecular formula is C11H21N3O3. The number of nitrogens with zero attached hydrogens (tertiary/aromatic N) is 1. The van der Waals surface area contributed by atoms with Crippen LogP contribution in [0, 0.1) is 5.41 Å². The van der Waals surface area contributed by atoms with Gasteiger partial charge in [-0.1, -0.05) is 0 Å². The van der Waals surface area contributed by atoms with Crippen molar-refractivity contribution in [2.75, 3.05) is 20.2 Å². The molecule has 98 valence electrons. The predicted octanol–water partition coefficient (Wildman–Crippen LogP) is 1.17. The maximum Gasteiger partial charge on any atom is 0.410 e. The van der Waals surface area contributed by atoms with Gasteiger partial charge in [-0.05, 0) is 20.8 Å². The standard InChI is InChI=1S/C11H21N3O3/c1-11(2,3)17-10(15)14-6-5-8(12)9(7-14)13-16-4/h9,12-13H,5-7H2,1-4H3. The first-order chi connectivity index (χ1) is 7.83. The van der Waals surface area contributed by atoms with Gasteiger partial charge in [0.15, 0.2) is 0 Å². The van der Waals surface area contributed by atoms with E-state index in [0.717, 1.165) is 0 Å². The second-order valence-corrected chi connectivity index (χ2v) is 5.08. The molecule has 0 bridgehead atoms. The minimum atomic E-state index is -0.494. The minimum absolute atomic E-state index is 0.249. The predicted molar refractivity (Wildman–Crippen MR) is 64.1 cm³/mol. The van der Waals surface area contributed by atoms with Gasteiger partial charge in [-0.15, -0.1) is 0 Å². The first-order valence-electron chi connectivity index (χ1n) is 5.67. The van der Waals surface area contributed by atoms with E-state index in [1.807, 2.05) is 20.8 Å². The van der Waals surface area contributed by atoms with Crippen LogP contribution in [0.25, 0.3) is 0 Å². The molecule has 6 heteroatoms. The summed E-state index contributed by atoms with van der Waals surface area (Å²) in [6.07, 6.45) is 0.202. The molecule has 0 aliphatic carbocycles. The molecular weight excluding hydrogens is 222 g/mol. The lowest BCUT2D eigenvalue weighted by Gasteiger charge is -2.34. The maximum atomic E-state index is 11.8. The van der Waals surface area contributed by atoms with E-state index in [1.54, 1.807) is 4.90 Å². The van der Waals surface area contributed by atoms with Crippen molar-refractivity contribution < 1.29 is 14.4 Å². The fraction of sp³-hybridized carbons (Fsp3) is 0.818. The van der Waals surface area contributed by atoms with Crippen molar-refractivity contribution in [3.8, 4) is 0 Å². The molecule has 1 aliphatic heterocycles. The Morgan fingerprint density at radius 3 is 2.71 bits per heavy atom. The second-order valence-electron chi connectivity index (χ2n) is 5.08. The summed E-state index contributed by atoms with van der Waals surface area (Å²) >= 11 is 0. The van der Waals surface area contributed by atoms with Crippen LogP contribution in [0.5, 0.6) is 0 Å². The summed E-state index contributed by atoms with van der Waals surface area (Å²) < 4.78 is 5.29. The van der Waals surface area contributed by atoms with E-state index in [2.05, 4.69) is 5.48 Å². The van der Waals surface area contributed by atoms with Crippen molar-refractivity contribution in [3.63, 3.8) is 0 Å². The van der Waals surface area contributed by atoms with Crippen LogP contribution in [-0.2, 0) is 9.57 Å². The summed E-state index contributed by atoms with van der Waals surface area (Å²) in [4.78, 5) is 18.2. The van der Waals surface area contributed by atoms with Gasteiger partial charge in [0.2, 0.25) is 0 Å². The van der Waals surface area contributed by atoms with E-state index in [1.165, 1.54) is 7.11 Å². The molecule has 1 unspecified atom stereocenters. The number of hydrogen-bond donors (Lipinski definition) is 2. The summed E-state index contributed by atoms with van der Waals surface area (Å²) in [5.74, 6) is 0. The Balaban J connectivity index is 2.55. The fourth-order valence-electron chi connectivity index (χ4n) is 1.59. The Labute approximate surface area is 102 Å². The third-order valence-electron chi connectivity index (χ3n) is 2.39. The highest BCUT2D eigenvalue weighted by molar-refractivity contribution is 5.89. The van der Waals surface area contributed by atoms with Gasteiger partial charge in [0, 0.05) is 25.2 Å². The lowest BCUT2D eigenvalue weighted by atomic mass is 10.0. The minimum Gasteiger partial charge on any atom is -0.444 e. The van der Waals surface area contributed by atoms with Gasteiger partial charge in [-0.3, -0.25) is 0 Å². The number of ether oxygens (including phenoxy) is 1. The number of amides is 1. The van der Waals surface area contributed by atoms with E-state index in [0.29, 0.717) is 25.2 Å². The van der Waals surface area contributed by atoms with Crippen molar-refractivity contribution in [2.45, 2.75) is 38.8 Å². The van der Waals surface area contributed by atoms with Crippen LogP contribution in [0.3, 0.4) is 0 Å². The van der Waals surface area contributed by atoms with Gasteiger partial charge in [-0.25, -0.2) is 4.79 Å². The summed E-state index contributed by atoms with van der Waals surface area (Å²) in [5.41, 5.74) is 2.76. The van der Waals surface area contributed by atoms with Crippen molar-refractivity contribution >= 4 is 11.8 Å². The first kappa shape index (κ1) is 13.9. The SMILES string of the molecule is CONC1CN(C(=O)OC(C)(C)C)CCC1=N. The van der Waals surface area contributed by atoms with Crippen LogP contribution in [0.15, 0.2) is 0 Å². The molecule has 0 aromatic carbocycles. The number of piperidine rings is 1. The van der Waals surface area contributed by atoms with Gasteiger partial charge in [0.25, 0.3) is 0 Å². The number of carbonyl (C=O) groups is 1. The van der Waals surface area contributed by atoms with E-state index in [9.17, 15) is 4.79 Å². The van der Waals surface area contributed by atoms with Crippen molar-refractivity contribution in [1.29, 1.82) is 5.41 Å². The first-order valence-corrected chi connectivity index (χ1v) is 5.67. The monoisotopic (exact) mass is 243 g/mol. The van der Waals surface area contributed by atoms with Crippen LogP contribution in [0.4, 0.5) is 4.79 Å². The van der Waals surface area contributed by atoms with E-state index in [4.69, 9.17) is 15.0 Å². The highest BCUT2D eigenvalue weighted by atomic mass is 16.6. The molecule has 1 saturated heterocycles. The Bertz CT molecular complexity index is 299. The lowest BCUT2D eigenvalue weighted by Crippen LogP contribution is -2.53. The van der Waals surface area contributed by atoms with Crippen LogP contribution >= 0.6 is 0 Å². The zero-order valence-electron chi connectivity index (χ0n) is 10.9. The topological polar surface area (TPSA) is 74.7 Å². The number of carbonyl (C=O) groups excluding carboxylic acids is 1. The molecule has 1 aliphatic rings. The summed E-state index contributed by atoms with van der Waals surface area (Å²) in [6.45, 7) is 6.43. The number of nitrogens with one attached hydrogen (secondary N) is 2. The third-order valence-corrected chi connectivity index (χ3v) is 2.39. The molecule has 0 aromatic heterocycles. The average Bonchev–Trinajstić information content (AvgIpc) is 2.19. The summed E-state index contributed by atoms with van der Waals surface area (Å²) in [5, 5.41) is 7.74. The quantitative estimate of drug-likeness (QED) is 0.714. The van der Waals surface area contributed by atoms with Gasteiger partial charge in [0.1, 0.15) is 5.60 Å². The molecule has 2 N–H and O–H groups in total. The van der Waals surface area contributed by atoms with Crippen LogP contribution in [0.1, 0.15) is 27.2 Å². The summed E-state index contributed by atoms with van der Waals surface area (Å²) in [6, 6.07) is -0.249. The highest BCUT2D eigenvalue weighted by Gasteiger charge is 2.30. The van der Waals surface area contributed by atoms with Gasteiger partial charge < -0.3 is 19.9 Å². The summed E-state index contributed by atoms with van der Waals surface area (Å²) in [7, 11) is 1.50. The number of rotatable bonds is 2. The third kappa shape index (κ3) is 4.32. The zero-order valence-corrected chi connectivity index (χ0v) is 10.9. The van der Waals surface area contributed by atoms with Crippen LogP contribution < -0.4 is 5.48 Å². The highest BCUT2D eigenvalue weighted by Crippen LogP contribution is 2.13. The van der Waals surface area contributed by atoms with Crippen molar-refractivity contribution in [1.82, 2.24) is 10.4 Å². The smallest absolute Gasteiger partial charge is 0.410 e. The van der Waals surface area contributed by atoms with Gasteiger partial charge in [0.05, 0.1) is 13.2 Å². The number of hydrogen-bond acceptors (Lipinski definition) is 5. The molecule has 0 radical (unpaired) electrons. The lowest BCUT2D eigenvalue weighted by molar-refractivity contribution is 0.0149. The fourth-order valence-corrected chi connectivity index (χ4v) is 1.59. The Hall–Kier alpha value is -1.14. The number of likely N-dealkylation sites (tertiary alicyclic amines) is 1. The van der Waals surface area contributed by atoms with Gasteiger partial charge in [-0.2, -0.15) is 5.48 Å². The molecule has 6 nitrogen and oxygen atoms in total. The van der Waals surface area contributed by atoms with E-state index in [-0.39, 0.29) is 12.1 Å². The molecule has 1 fully saturated rings. The average molecular weight is 243 g/mol. The Morgan fingerprint density at radius 2 is 2.18 bits per heavy atom. The molecule has 1 atom stereocenters. The van der Waals surface area contributed by atoms with E-state index < -0.39 is 5.60 Å². The molecule has 1 rings (SSSR count). The van der Waals surface area contributed by atoms with Crippen LogP contribution in [-0.4, -0.2) is 48.5 Å². The molecule has 1 amide bonds. The number of hydroxylamine groups is 1. The second kappa shape index (κ2) is 5.46. The molecule has 0 aromatic rings. The van der Waals surface area contributed by atoms with Gasteiger partial charge >= 0.3 is 6.09 Å².